The van der Waals surface area contributed by atoms with Crippen LogP contribution < -0.4 is 16.2 Å². The van der Waals surface area contributed by atoms with Crippen LogP contribution in [0.25, 0.3) is 0 Å². The van der Waals surface area contributed by atoms with Gasteiger partial charge in [-0.15, -0.1) is 0 Å². The molecule has 2 amide bonds. The van der Waals surface area contributed by atoms with Gasteiger partial charge in [-0.3, -0.25) is 19.8 Å². The largest absolute Gasteiger partial charge is 0.303 e. The van der Waals surface area contributed by atoms with Gasteiger partial charge in [0.05, 0.1) is 16.7 Å². The van der Waals surface area contributed by atoms with E-state index in [1.54, 1.807) is 26.0 Å². The molecule has 3 N–H and O–H groups in total. The molecular formula is C14H17N3O3. The molecule has 6 heteroatoms. The number of fused-ring (bicyclic) bond motifs is 1. The second kappa shape index (κ2) is 4.72. The summed E-state index contributed by atoms with van der Waals surface area (Å²) < 4.78 is 0. The van der Waals surface area contributed by atoms with Gasteiger partial charge >= 0.3 is 0 Å². The van der Waals surface area contributed by atoms with Crippen molar-refractivity contribution in [3.8, 4) is 0 Å². The summed E-state index contributed by atoms with van der Waals surface area (Å²) in [6, 6.07) is 5.19. The van der Waals surface area contributed by atoms with E-state index < -0.39 is 17.1 Å². The van der Waals surface area contributed by atoms with Crippen molar-refractivity contribution in [2.75, 3.05) is 11.4 Å². The summed E-state index contributed by atoms with van der Waals surface area (Å²) in [5.74, 6) is 3.62. The molecule has 0 radical (unpaired) electrons. The summed E-state index contributed by atoms with van der Waals surface area (Å²) in [6.45, 7) is 5.26. The molecule has 1 heterocycles. The van der Waals surface area contributed by atoms with Crippen LogP contribution in [0.2, 0.25) is 0 Å². The summed E-state index contributed by atoms with van der Waals surface area (Å²) in [5, 5.41) is 0. The number of hydrogen-bond donors (Lipinski definition) is 2. The van der Waals surface area contributed by atoms with E-state index in [-0.39, 0.29) is 12.5 Å². The van der Waals surface area contributed by atoms with Gasteiger partial charge in [-0.25, -0.2) is 5.84 Å². The normalized spacial score (nSPS) is 14.5. The molecule has 0 atom stereocenters. The van der Waals surface area contributed by atoms with Gasteiger partial charge in [0.15, 0.2) is 0 Å². The highest BCUT2D eigenvalue weighted by atomic mass is 16.2. The predicted octanol–water partition coefficient (Wildman–Crippen LogP) is 0.540. The summed E-state index contributed by atoms with van der Waals surface area (Å²) >= 11 is 0. The summed E-state index contributed by atoms with van der Waals surface area (Å²) in [5.41, 5.74) is 2.98. The third-order valence-electron chi connectivity index (χ3n) is 3.49. The maximum atomic E-state index is 12.1. The van der Waals surface area contributed by atoms with E-state index in [9.17, 15) is 14.4 Å². The van der Waals surface area contributed by atoms with E-state index in [4.69, 9.17) is 5.84 Å². The number of hydrogen-bond acceptors (Lipinski definition) is 4. The molecule has 1 aromatic carbocycles. The first-order chi connectivity index (χ1) is 9.29. The lowest BCUT2D eigenvalue weighted by Gasteiger charge is -2.29. The van der Waals surface area contributed by atoms with E-state index in [0.717, 1.165) is 5.56 Å². The number of anilines is 1. The molecule has 1 aliphatic heterocycles. The molecular weight excluding hydrogens is 258 g/mol. The van der Waals surface area contributed by atoms with Gasteiger partial charge in [0.25, 0.3) is 11.7 Å². The Bertz CT molecular complexity index is 608. The first-order valence-electron chi connectivity index (χ1n) is 6.26. The molecule has 1 aromatic rings. The number of hydrazine groups is 1. The van der Waals surface area contributed by atoms with Gasteiger partial charge in [-0.1, -0.05) is 12.1 Å². The molecule has 0 unspecified atom stereocenters. The van der Waals surface area contributed by atoms with Crippen molar-refractivity contribution < 1.29 is 14.4 Å². The molecule has 1 aliphatic rings. The third-order valence-corrected chi connectivity index (χ3v) is 3.49. The van der Waals surface area contributed by atoms with E-state index in [2.05, 4.69) is 5.43 Å². The molecule has 20 heavy (non-hydrogen) atoms. The Balaban J connectivity index is 2.43. The van der Waals surface area contributed by atoms with Gasteiger partial charge < -0.3 is 4.90 Å². The van der Waals surface area contributed by atoms with Crippen LogP contribution in [-0.4, -0.2) is 24.1 Å². The quantitative estimate of drug-likeness (QED) is 0.364. The number of nitrogens with one attached hydrogen (secondary N) is 1. The molecule has 0 saturated heterocycles. The standard InChI is InChI=1S/C14H17N3O3/c1-8-5-4-6-9-10(8)17(12(19)11(9)18)7-14(2,3)13(20)16-15/h4-6H,7,15H2,1-3H3,(H,16,20). The third kappa shape index (κ3) is 2.08. The number of ketones is 1. The number of aryl methyl sites for hydroxylation is 1. The number of para-hydroxylation sites is 1. The fourth-order valence-electron chi connectivity index (χ4n) is 2.35. The van der Waals surface area contributed by atoms with Gasteiger partial charge in [0, 0.05) is 6.54 Å². The van der Waals surface area contributed by atoms with Crippen molar-refractivity contribution in [1.82, 2.24) is 5.43 Å². The molecule has 6 nitrogen and oxygen atoms in total. The van der Waals surface area contributed by atoms with Crippen molar-refractivity contribution in [1.29, 1.82) is 0 Å². The SMILES string of the molecule is Cc1cccc2c1N(CC(C)(C)C(=O)NN)C(=O)C2=O. The highest BCUT2D eigenvalue weighted by Crippen LogP contribution is 2.34. The molecule has 0 fully saturated rings. The van der Waals surface area contributed by atoms with Crippen LogP contribution in [0.4, 0.5) is 5.69 Å². The monoisotopic (exact) mass is 275 g/mol. The molecule has 0 aliphatic carbocycles. The molecule has 2 rings (SSSR count). The van der Waals surface area contributed by atoms with Gasteiger partial charge in [-0.2, -0.15) is 0 Å². The smallest absolute Gasteiger partial charge is 0.299 e. The van der Waals surface area contributed by atoms with E-state index in [1.165, 1.54) is 4.90 Å². The van der Waals surface area contributed by atoms with E-state index in [1.807, 2.05) is 13.0 Å². The lowest BCUT2D eigenvalue weighted by atomic mass is 9.91. The lowest BCUT2D eigenvalue weighted by Crippen LogP contribution is -2.48. The highest BCUT2D eigenvalue weighted by Gasteiger charge is 2.41. The number of benzene rings is 1. The van der Waals surface area contributed by atoms with Crippen molar-refractivity contribution in [2.45, 2.75) is 20.8 Å². The maximum Gasteiger partial charge on any atom is 0.299 e. The molecule has 0 spiro atoms. The van der Waals surface area contributed by atoms with E-state index >= 15 is 0 Å². The van der Waals surface area contributed by atoms with Crippen LogP contribution in [0.3, 0.4) is 0 Å². The van der Waals surface area contributed by atoms with Crippen LogP contribution >= 0.6 is 0 Å². The second-order valence-electron chi connectivity index (χ2n) is 5.55. The number of nitrogens with zero attached hydrogens (tertiary/aromatic N) is 1. The van der Waals surface area contributed by atoms with Gasteiger partial charge in [0.2, 0.25) is 5.91 Å². The number of Topliss-reactive ketones (excluding diaryl/α,β-unsaturated/α-hetero) is 1. The highest BCUT2D eigenvalue weighted by molar-refractivity contribution is 6.52. The van der Waals surface area contributed by atoms with Crippen molar-refractivity contribution >= 4 is 23.3 Å². The molecule has 0 bridgehead atoms. The average Bonchev–Trinajstić information content (AvgIpc) is 2.64. The summed E-state index contributed by atoms with van der Waals surface area (Å²) in [4.78, 5) is 37.2. The maximum absolute atomic E-state index is 12.1. The Kier molecular flexibility index (Phi) is 3.35. The van der Waals surface area contributed by atoms with E-state index in [0.29, 0.717) is 11.3 Å². The zero-order chi connectivity index (χ0) is 15.1. The number of carbonyl (C=O) groups excluding carboxylic acids is 3. The zero-order valence-corrected chi connectivity index (χ0v) is 11.7. The topological polar surface area (TPSA) is 92.5 Å². The van der Waals surface area contributed by atoms with Crippen LogP contribution in [0.15, 0.2) is 18.2 Å². The average molecular weight is 275 g/mol. The minimum Gasteiger partial charge on any atom is -0.303 e. The Hall–Kier alpha value is -2.21. The fourth-order valence-corrected chi connectivity index (χ4v) is 2.35. The Morgan fingerprint density at radius 3 is 2.60 bits per heavy atom. The first kappa shape index (κ1) is 14.2. The molecule has 0 saturated carbocycles. The second-order valence-corrected chi connectivity index (χ2v) is 5.55. The Morgan fingerprint density at radius 2 is 2.00 bits per heavy atom. The first-order valence-corrected chi connectivity index (χ1v) is 6.26. The number of rotatable bonds is 3. The van der Waals surface area contributed by atoms with Gasteiger partial charge in [-0.05, 0) is 32.4 Å². The zero-order valence-electron chi connectivity index (χ0n) is 11.7. The van der Waals surface area contributed by atoms with Crippen LogP contribution in [0, 0.1) is 12.3 Å². The summed E-state index contributed by atoms with van der Waals surface area (Å²) in [7, 11) is 0. The number of nitrogens with two attached hydrogens (primary N) is 1. The lowest BCUT2D eigenvalue weighted by molar-refractivity contribution is -0.129. The summed E-state index contributed by atoms with van der Waals surface area (Å²) in [6.07, 6.45) is 0. The molecule has 0 aromatic heterocycles. The van der Waals surface area contributed by atoms with Crippen molar-refractivity contribution in [2.24, 2.45) is 11.3 Å². The van der Waals surface area contributed by atoms with Crippen LogP contribution in [0.5, 0.6) is 0 Å². The van der Waals surface area contributed by atoms with Crippen LogP contribution in [-0.2, 0) is 9.59 Å². The Morgan fingerprint density at radius 1 is 1.35 bits per heavy atom. The number of carbonyl (C=O) groups is 3. The fraction of sp³-hybridized carbons (Fsp3) is 0.357. The minimum atomic E-state index is -0.894. The Labute approximate surface area is 116 Å². The predicted molar refractivity (Wildman–Crippen MR) is 74.0 cm³/mol. The van der Waals surface area contributed by atoms with Crippen LogP contribution in [0.1, 0.15) is 29.8 Å². The van der Waals surface area contributed by atoms with Gasteiger partial charge in [0.1, 0.15) is 0 Å². The minimum absolute atomic E-state index is 0.0957. The van der Waals surface area contributed by atoms with Crippen molar-refractivity contribution in [3.63, 3.8) is 0 Å². The number of amides is 2. The molecule has 106 valence electrons. The van der Waals surface area contributed by atoms with Crippen molar-refractivity contribution in [3.05, 3.63) is 29.3 Å².